The summed E-state index contributed by atoms with van der Waals surface area (Å²) in [5, 5.41) is 3.77. The van der Waals surface area contributed by atoms with Crippen molar-refractivity contribution in [3.05, 3.63) is 112 Å². The molecule has 0 fully saturated rings. The largest absolute Gasteiger partial charge is 0.488 e. The molecule has 0 spiro atoms. The van der Waals surface area contributed by atoms with E-state index < -0.39 is 5.76 Å². The fourth-order valence-corrected chi connectivity index (χ4v) is 4.88. The number of aromatic amines is 1. The number of allylic oxidation sites excluding steroid dienone is 1. The van der Waals surface area contributed by atoms with Crippen LogP contribution in [0.2, 0.25) is 0 Å². The van der Waals surface area contributed by atoms with E-state index in [-0.39, 0.29) is 17.3 Å². The fourth-order valence-electron chi connectivity index (χ4n) is 4.88. The molecule has 0 aliphatic rings. The second-order valence-electron chi connectivity index (χ2n) is 11.8. The van der Waals surface area contributed by atoms with Crippen LogP contribution in [0, 0.1) is 5.92 Å². The summed E-state index contributed by atoms with van der Waals surface area (Å²) in [5.74, 6) is 0.780. The van der Waals surface area contributed by atoms with Gasteiger partial charge in [-0.2, -0.15) is 0 Å². The second-order valence-corrected chi connectivity index (χ2v) is 11.8. The molecule has 0 radical (unpaired) electrons. The van der Waals surface area contributed by atoms with Crippen LogP contribution in [0.5, 0.6) is 5.75 Å². The van der Waals surface area contributed by atoms with Gasteiger partial charge in [-0.3, -0.25) is 14.3 Å². The summed E-state index contributed by atoms with van der Waals surface area (Å²) in [4.78, 5) is 25.7. The standard InChI is InChI=1S/C36H42N2O5/c1-5-41-33(39)13-9-6-10-26(24-27-15-20-30(21-16-27)34-37-35(40)43-38-34)14-19-29-11-7-8-12-32(29)42-25-28-17-22-31(23-18-28)36(2,3)4/h7-8,11-12,14-23,26H,5-6,9-10,13,24-25H2,1-4H3,(H,37,38,40)/b19-14+. The van der Waals surface area contributed by atoms with Crippen LogP contribution >= 0.6 is 0 Å². The average molecular weight is 583 g/mol. The number of hydrogen-bond acceptors (Lipinski definition) is 6. The highest BCUT2D eigenvalue weighted by Crippen LogP contribution is 2.26. The molecule has 0 bridgehead atoms. The SMILES string of the molecule is CCOC(=O)CCCCC(/C=C/c1ccccc1OCc1ccc(C(C)(C)C)cc1)Cc1ccc(-c2noc(=O)[nH]2)cc1. The smallest absolute Gasteiger partial charge is 0.439 e. The molecule has 7 nitrogen and oxygen atoms in total. The van der Waals surface area contributed by atoms with Crippen LogP contribution in [0.15, 0.2) is 88.2 Å². The Labute approximate surface area is 253 Å². The number of benzene rings is 3. The van der Waals surface area contributed by atoms with Crippen molar-refractivity contribution in [2.24, 2.45) is 5.92 Å². The van der Waals surface area contributed by atoms with Crippen LogP contribution in [0.25, 0.3) is 17.5 Å². The normalized spacial score (nSPS) is 12.4. The summed E-state index contributed by atoms with van der Waals surface area (Å²) < 4.78 is 16.0. The number of H-pyrrole nitrogens is 1. The van der Waals surface area contributed by atoms with Crippen molar-refractivity contribution in [2.75, 3.05) is 6.61 Å². The van der Waals surface area contributed by atoms with Gasteiger partial charge in [-0.15, -0.1) is 0 Å². The van der Waals surface area contributed by atoms with E-state index in [0.29, 0.717) is 25.5 Å². The summed E-state index contributed by atoms with van der Waals surface area (Å²) in [6, 6.07) is 24.7. The Kier molecular flexibility index (Phi) is 11.1. The molecule has 3 aromatic carbocycles. The van der Waals surface area contributed by atoms with Gasteiger partial charge in [-0.05, 0) is 60.3 Å². The van der Waals surface area contributed by atoms with Crippen molar-refractivity contribution in [1.29, 1.82) is 0 Å². The van der Waals surface area contributed by atoms with Gasteiger partial charge < -0.3 is 9.47 Å². The van der Waals surface area contributed by atoms with Crippen molar-refractivity contribution in [3.63, 3.8) is 0 Å². The van der Waals surface area contributed by atoms with Gasteiger partial charge in [0.25, 0.3) is 0 Å². The first kappa shape index (κ1) is 31.5. The number of carbonyl (C=O) groups is 1. The molecule has 1 unspecified atom stereocenters. The molecule has 1 atom stereocenters. The van der Waals surface area contributed by atoms with E-state index in [4.69, 9.17) is 9.47 Å². The lowest BCUT2D eigenvalue weighted by Gasteiger charge is -2.19. The van der Waals surface area contributed by atoms with E-state index in [2.05, 4.69) is 77.9 Å². The van der Waals surface area contributed by atoms with Crippen LogP contribution in [0.4, 0.5) is 0 Å². The third-order valence-corrected chi connectivity index (χ3v) is 7.36. The number of esters is 1. The number of unbranched alkanes of at least 4 members (excludes halogenated alkanes) is 1. The van der Waals surface area contributed by atoms with Gasteiger partial charge in [0.05, 0.1) is 6.61 Å². The van der Waals surface area contributed by atoms with E-state index in [9.17, 15) is 9.59 Å². The predicted molar refractivity (Wildman–Crippen MR) is 170 cm³/mol. The third-order valence-electron chi connectivity index (χ3n) is 7.36. The topological polar surface area (TPSA) is 94.4 Å². The average Bonchev–Trinajstić information content (AvgIpc) is 3.43. The molecular weight excluding hydrogens is 540 g/mol. The lowest BCUT2D eigenvalue weighted by Crippen LogP contribution is -2.10. The van der Waals surface area contributed by atoms with Crippen LogP contribution in [0.1, 0.15) is 75.6 Å². The lowest BCUT2D eigenvalue weighted by atomic mass is 9.87. The number of carbonyl (C=O) groups excluding carboxylic acids is 1. The minimum Gasteiger partial charge on any atom is -0.488 e. The highest BCUT2D eigenvalue weighted by Gasteiger charge is 2.13. The maximum atomic E-state index is 11.8. The molecule has 4 rings (SSSR count). The van der Waals surface area contributed by atoms with E-state index in [0.717, 1.165) is 53.7 Å². The molecular formula is C36H42N2O5. The number of para-hydroxylation sites is 1. The number of nitrogens with zero attached hydrogens (tertiary/aromatic N) is 1. The summed E-state index contributed by atoms with van der Waals surface area (Å²) in [6.45, 7) is 9.37. The van der Waals surface area contributed by atoms with Crippen molar-refractivity contribution in [3.8, 4) is 17.1 Å². The molecule has 0 saturated heterocycles. The van der Waals surface area contributed by atoms with E-state index in [1.807, 2.05) is 49.4 Å². The Morgan fingerprint density at radius 3 is 2.37 bits per heavy atom. The third kappa shape index (κ3) is 9.84. The Balaban J connectivity index is 1.44. The molecule has 226 valence electrons. The Morgan fingerprint density at radius 2 is 1.70 bits per heavy atom. The van der Waals surface area contributed by atoms with Gasteiger partial charge in [0.2, 0.25) is 0 Å². The van der Waals surface area contributed by atoms with E-state index >= 15 is 0 Å². The molecule has 7 heteroatoms. The van der Waals surface area contributed by atoms with Crippen molar-refractivity contribution in [1.82, 2.24) is 10.1 Å². The van der Waals surface area contributed by atoms with Crippen molar-refractivity contribution >= 4 is 12.0 Å². The first-order valence-corrected chi connectivity index (χ1v) is 15.0. The number of aromatic nitrogens is 2. The van der Waals surface area contributed by atoms with Crippen LogP contribution < -0.4 is 10.5 Å². The summed E-state index contributed by atoms with van der Waals surface area (Å²) >= 11 is 0. The first-order valence-electron chi connectivity index (χ1n) is 15.0. The van der Waals surface area contributed by atoms with Gasteiger partial charge in [0.15, 0.2) is 5.82 Å². The van der Waals surface area contributed by atoms with E-state index in [1.54, 1.807) is 0 Å². The summed E-state index contributed by atoms with van der Waals surface area (Å²) in [6.07, 6.45) is 8.27. The number of rotatable bonds is 14. The maximum Gasteiger partial charge on any atom is 0.439 e. The number of hydrogen-bond donors (Lipinski definition) is 1. The summed E-state index contributed by atoms with van der Waals surface area (Å²) in [7, 11) is 0. The molecule has 1 N–H and O–H groups in total. The minimum atomic E-state index is -0.574. The summed E-state index contributed by atoms with van der Waals surface area (Å²) in [5.41, 5.74) is 5.52. The molecule has 0 saturated carbocycles. The first-order chi connectivity index (χ1) is 20.7. The Hall–Kier alpha value is -4.39. The van der Waals surface area contributed by atoms with Crippen LogP contribution in [-0.2, 0) is 28.0 Å². The highest BCUT2D eigenvalue weighted by atomic mass is 16.5. The Bertz CT molecular complexity index is 1530. The zero-order valence-electron chi connectivity index (χ0n) is 25.6. The monoisotopic (exact) mass is 582 g/mol. The maximum absolute atomic E-state index is 11.8. The highest BCUT2D eigenvalue weighted by molar-refractivity contribution is 5.69. The van der Waals surface area contributed by atoms with Crippen molar-refractivity contribution in [2.45, 2.75) is 71.8 Å². The lowest BCUT2D eigenvalue weighted by molar-refractivity contribution is -0.143. The van der Waals surface area contributed by atoms with Gasteiger partial charge in [0, 0.05) is 17.5 Å². The number of ether oxygens (including phenoxy) is 2. The van der Waals surface area contributed by atoms with E-state index in [1.165, 1.54) is 5.56 Å². The fraction of sp³-hybridized carbons (Fsp3) is 0.361. The molecule has 1 heterocycles. The van der Waals surface area contributed by atoms with Gasteiger partial charge in [-0.1, -0.05) is 111 Å². The van der Waals surface area contributed by atoms with Gasteiger partial charge in [-0.25, -0.2) is 4.79 Å². The zero-order chi connectivity index (χ0) is 30.7. The molecule has 4 aromatic rings. The quantitative estimate of drug-likeness (QED) is 0.120. The van der Waals surface area contributed by atoms with Gasteiger partial charge >= 0.3 is 11.7 Å². The molecule has 0 aliphatic heterocycles. The number of nitrogens with one attached hydrogen (secondary N) is 1. The minimum absolute atomic E-state index is 0.117. The predicted octanol–water partition coefficient (Wildman–Crippen LogP) is 7.90. The molecule has 0 aliphatic carbocycles. The van der Waals surface area contributed by atoms with Gasteiger partial charge in [0.1, 0.15) is 12.4 Å². The van der Waals surface area contributed by atoms with Crippen LogP contribution in [-0.4, -0.2) is 22.7 Å². The molecule has 43 heavy (non-hydrogen) atoms. The zero-order valence-corrected chi connectivity index (χ0v) is 25.6. The van der Waals surface area contributed by atoms with Crippen molar-refractivity contribution < 1.29 is 18.8 Å². The second kappa shape index (κ2) is 15.2. The molecule has 1 aromatic heterocycles. The molecule has 0 amide bonds. The van der Waals surface area contributed by atoms with Crippen LogP contribution in [0.3, 0.4) is 0 Å². The Morgan fingerprint density at radius 1 is 0.977 bits per heavy atom.